The Morgan fingerprint density at radius 2 is 1.87 bits per heavy atom. The molecule has 0 radical (unpaired) electrons. The normalized spacial score (nSPS) is 12.7. The van der Waals surface area contributed by atoms with Crippen molar-refractivity contribution in [2.45, 2.75) is 13.0 Å². The van der Waals surface area contributed by atoms with E-state index in [1.165, 1.54) is 5.39 Å². The van der Waals surface area contributed by atoms with Gasteiger partial charge in [-0.1, -0.05) is 30.3 Å². The SMILES string of the molecule is C[C@H](O)COc1ccc2ccccc2c1. The zero-order valence-electron chi connectivity index (χ0n) is 8.68. The second kappa shape index (κ2) is 4.32. The summed E-state index contributed by atoms with van der Waals surface area (Å²) in [7, 11) is 0. The van der Waals surface area contributed by atoms with Gasteiger partial charge in [-0.05, 0) is 29.8 Å². The Morgan fingerprint density at radius 3 is 2.60 bits per heavy atom. The lowest BCUT2D eigenvalue weighted by atomic mass is 10.1. The third-order valence-electron chi connectivity index (χ3n) is 2.21. The van der Waals surface area contributed by atoms with Crippen LogP contribution in [0.5, 0.6) is 5.75 Å². The van der Waals surface area contributed by atoms with Crippen molar-refractivity contribution >= 4 is 10.8 Å². The van der Waals surface area contributed by atoms with E-state index in [9.17, 15) is 0 Å². The molecule has 0 aliphatic carbocycles. The first kappa shape index (κ1) is 9.99. The van der Waals surface area contributed by atoms with Crippen molar-refractivity contribution < 1.29 is 9.84 Å². The summed E-state index contributed by atoms with van der Waals surface area (Å²) in [6, 6.07) is 14.0. The highest BCUT2D eigenvalue weighted by Crippen LogP contribution is 2.20. The number of hydrogen-bond donors (Lipinski definition) is 1. The molecule has 0 aliphatic rings. The Bertz CT molecular complexity index is 449. The van der Waals surface area contributed by atoms with Gasteiger partial charge in [-0.2, -0.15) is 0 Å². The maximum Gasteiger partial charge on any atom is 0.120 e. The molecule has 0 aromatic heterocycles. The highest BCUT2D eigenvalue weighted by molar-refractivity contribution is 5.83. The van der Waals surface area contributed by atoms with Gasteiger partial charge in [0.1, 0.15) is 12.4 Å². The highest BCUT2D eigenvalue weighted by atomic mass is 16.5. The first-order chi connectivity index (χ1) is 7.25. The quantitative estimate of drug-likeness (QED) is 0.829. The maximum atomic E-state index is 9.10. The summed E-state index contributed by atoms with van der Waals surface area (Å²) in [5.41, 5.74) is 0. The van der Waals surface area contributed by atoms with Gasteiger partial charge in [0.2, 0.25) is 0 Å². The molecule has 0 unspecified atom stereocenters. The molecule has 0 spiro atoms. The van der Waals surface area contributed by atoms with Gasteiger partial charge in [-0.3, -0.25) is 0 Å². The van der Waals surface area contributed by atoms with E-state index in [0.717, 1.165) is 11.1 Å². The molecule has 0 saturated heterocycles. The zero-order valence-corrected chi connectivity index (χ0v) is 8.68. The van der Waals surface area contributed by atoms with Crippen LogP contribution < -0.4 is 4.74 Å². The molecule has 0 bridgehead atoms. The number of hydrogen-bond acceptors (Lipinski definition) is 2. The monoisotopic (exact) mass is 202 g/mol. The van der Waals surface area contributed by atoms with Crippen LogP contribution in [0.4, 0.5) is 0 Å². The minimum atomic E-state index is -0.434. The lowest BCUT2D eigenvalue weighted by Crippen LogP contribution is -2.12. The van der Waals surface area contributed by atoms with Crippen LogP contribution in [0.25, 0.3) is 10.8 Å². The summed E-state index contributed by atoms with van der Waals surface area (Å²) in [6.07, 6.45) is -0.434. The Morgan fingerprint density at radius 1 is 1.13 bits per heavy atom. The molecule has 2 rings (SSSR count). The van der Waals surface area contributed by atoms with Gasteiger partial charge in [0.15, 0.2) is 0 Å². The van der Waals surface area contributed by atoms with Crippen LogP contribution in [0.2, 0.25) is 0 Å². The van der Waals surface area contributed by atoms with Crippen molar-refractivity contribution in [1.82, 2.24) is 0 Å². The van der Waals surface area contributed by atoms with E-state index in [1.807, 2.05) is 36.4 Å². The number of aliphatic hydroxyl groups excluding tert-OH is 1. The van der Waals surface area contributed by atoms with E-state index < -0.39 is 6.10 Å². The van der Waals surface area contributed by atoms with Crippen LogP contribution in [0.1, 0.15) is 6.92 Å². The molecule has 2 aromatic carbocycles. The molecule has 0 fully saturated rings. The second-order valence-corrected chi connectivity index (χ2v) is 3.67. The molecular weight excluding hydrogens is 188 g/mol. The summed E-state index contributed by atoms with van der Waals surface area (Å²) >= 11 is 0. The van der Waals surface area contributed by atoms with Crippen molar-refractivity contribution in [1.29, 1.82) is 0 Å². The van der Waals surface area contributed by atoms with Crippen molar-refractivity contribution in [2.75, 3.05) is 6.61 Å². The first-order valence-corrected chi connectivity index (χ1v) is 5.05. The van der Waals surface area contributed by atoms with Gasteiger partial charge in [-0.15, -0.1) is 0 Å². The molecular formula is C13H14O2. The summed E-state index contributed by atoms with van der Waals surface area (Å²) < 4.78 is 5.43. The Kier molecular flexibility index (Phi) is 2.88. The average molecular weight is 202 g/mol. The third-order valence-corrected chi connectivity index (χ3v) is 2.21. The summed E-state index contributed by atoms with van der Waals surface area (Å²) in [6.45, 7) is 2.04. The van der Waals surface area contributed by atoms with Gasteiger partial charge < -0.3 is 9.84 Å². The molecule has 15 heavy (non-hydrogen) atoms. The minimum Gasteiger partial charge on any atom is -0.491 e. The van der Waals surface area contributed by atoms with E-state index in [1.54, 1.807) is 6.92 Å². The molecule has 1 atom stereocenters. The van der Waals surface area contributed by atoms with Crippen LogP contribution in [0.3, 0.4) is 0 Å². The lowest BCUT2D eigenvalue weighted by molar-refractivity contribution is 0.123. The van der Waals surface area contributed by atoms with Crippen molar-refractivity contribution in [3.05, 3.63) is 42.5 Å². The summed E-state index contributed by atoms with van der Waals surface area (Å²) in [5.74, 6) is 0.801. The van der Waals surface area contributed by atoms with Gasteiger partial charge in [0, 0.05) is 0 Å². The molecule has 1 N–H and O–H groups in total. The van der Waals surface area contributed by atoms with Crippen molar-refractivity contribution in [2.24, 2.45) is 0 Å². The third kappa shape index (κ3) is 2.48. The number of ether oxygens (including phenoxy) is 1. The largest absolute Gasteiger partial charge is 0.491 e. The lowest BCUT2D eigenvalue weighted by Gasteiger charge is -2.08. The van der Waals surface area contributed by atoms with Crippen LogP contribution in [-0.4, -0.2) is 17.8 Å². The Balaban J connectivity index is 2.23. The molecule has 0 heterocycles. The summed E-state index contributed by atoms with van der Waals surface area (Å²) in [5, 5.41) is 11.5. The number of benzene rings is 2. The highest BCUT2D eigenvalue weighted by Gasteiger charge is 1.99. The van der Waals surface area contributed by atoms with Crippen LogP contribution >= 0.6 is 0 Å². The van der Waals surface area contributed by atoms with E-state index >= 15 is 0 Å². The van der Waals surface area contributed by atoms with Crippen LogP contribution in [-0.2, 0) is 0 Å². The number of aliphatic hydroxyl groups is 1. The molecule has 2 aromatic rings. The van der Waals surface area contributed by atoms with Crippen molar-refractivity contribution in [3.8, 4) is 5.75 Å². The fourth-order valence-corrected chi connectivity index (χ4v) is 1.47. The molecule has 0 amide bonds. The fraction of sp³-hybridized carbons (Fsp3) is 0.231. The van der Waals surface area contributed by atoms with Gasteiger partial charge in [-0.25, -0.2) is 0 Å². The molecule has 78 valence electrons. The molecule has 2 heteroatoms. The van der Waals surface area contributed by atoms with E-state index in [0.29, 0.717) is 6.61 Å². The molecule has 0 saturated carbocycles. The van der Waals surface area contributed by atoms with Gasteiger partial charge in [0.25, 0.3) is 0 Å². The second-order valence-electron chi connectivity index (χ2n) is 3.67. The number of rotatable bonds is 3. The number of fused-ring (bicyclic) bond motifs is 1. The van der Waals surface area contributed by atoms with E-state index in [4.69, 9.17) is 9.84 Å². The zero-order chi connectivity index (χ0) is 10.7. The topological polar surface area (TPSA) is 29.5 Å². The van der Waals surface area contributed by atoms with Crippen molar-refractivity contribution in [3.63, 3.8) is 0 Å². The molecule has 2 nitrogen and oxygen atoms in total. The minimum absolute atomic E-state index is 0.332. The van der Waals surface area contributed by atoms with Crippen LogP contribution in [0, 0.1) is 0 Å². The van der Waals surface area contributed by atoms with E-state index in [-0.39, 0.29) is 0 Å². The Labute approximate surface area is 89.1 Å². The molecule has 0 aliphatic heterocycles. The standard InChI is InChI=1S/C13H14O2/c1-10(14)9-15-13-7-6-11-4-2-3-5-12(11)8-13/h2-8,10,14H,9H2,1H3/t10-/m0/s1. The van der Waals surface area contributed by atoms with E-state index in [2.05, 4.69) is 6.07 Å². The average Bonchev–Trinajstić information content (AvgIpc) is 2.26. The Hall–Kier alpha value is -1.54. The smallest absolute Gasteiger partial charge is 0.120 e. The van der Waals surface area contributed by atoms with Gasteiger partial charge in [0.05, 0.1) is 6.10 Å². The predicted octanol–water partition coefficient (Wildman–Crippen LogP) is 2.60. The predicted molar refractivity (Wildman–Crippen MR) is 61.1 cm³/mol. The summed E-state index contributed by atoms with van der Waals surface area (Å²) in [4.78, 5) is 0. The first-order valence-electron chi connectivity index (χ1n) is 5.05. The van der Waals surface area contributed by atoms with Crippen LogP contribution in [0.15, 0.2) is 42.5 Å². The maximum absolute atomic E-state index is 9.10. The fourth-order valence-electron chi connectivity index (χ4n) is 1.47. The van der Waals surface area contributed by atoms with Gasteiger partial charge >= 0.3 is 0 Å².